The molecule has 0 aromatic carbocycles. The zero-order chi connectivity index (χ0) is 25.7. The van der Waals surface area contributed by atoms with E-state index in [9.17, 15) is 22.4 Å². The topological polar surface area (TPSA) is 104 Å². The molecule has 0 bridgehead atoms. The van der Waals surface area contributed by atoms with Gasteiger partial charge in [-0.1, -0.05) is 18.2 Å². The average molecular weight is 507 g/mol. The third-order valence-electron chi connectivity index (χ3n) is 5.63. The van der Waals surface area contributed by atoms with Crippen LogP contribution in [0.5, 0.6) is 0 Å². The minimum atomic E-state index is -4.43. The summed E-state index contributed by atoms with van der Waals surface area (Å²) in [6, 6.07) is 2.48. The number of hydrazine groups is 1. The van der Waals surface area contributed by atoms with E-state index in [1.807, 2.05) is 0 Å². The molecular weight excluding hydrogens is 482 g/mol. The Morgan fingerprint density at radius 1 is 1.19 bits per heavy atom. The van der Waals surface area contributed by atoms with Gasteiger partial charge in [-0.25, -0.2) is 14.4 Å². The highest BCUT2D eigenvalue weighted by Gasteiger charge is 2.33. The number of morpholine rings is 1. The maximum absolute atomic E-state index is 14.2. The zero-order valence-electron chi connectivity index (χ0n) is 19.4. The highest BCUT2D eigenvalue weighted by molar-refractivity contribution is 5.93. The molecule has 1 aliphatic carbocycles. The minimum absolute atomic E-state index is 0.00419. The number of anilines is 3. The van der Waals surface area contributed by atoms with Crippen LogP contribution in [-0.4, -0.2) is 59.4 Å². The molecule has 1 amide bonds. The normalized spacial score (nSPS) is 18.3. The predicted octanol–water partition coefficient (Wildman–Crippen LogP) is 3.53. The van der Waals surface area contributed by atoms with Crippen LogP contribution < -0.4 is 21.1 Å². The number of hydrogen-bond donors (Lipinski definition) is 3. The van der Waals surface area contributed by atoms with E-state index in [1.54, 1.807) is 17.9 Å². The Morgan fingerprint density at radius 2 is 1.97 bits per heavy atom. The van der Waals surface area contributed by atoms with Gasteiger partial charge in [-0.2, -0.15) is 18.2 Å². The Kier molecular flexibility index (Phi) is 7.67. The van der Waals surface area contributed by atoms with E-state index >= 15 is 0 Å². The Labute approximate surface area is 204 Å². The number of ether oxygens (including phenoxy) is 1. The summed E-state index contributed by atoms with van der Waals surface area (Å²) < 4.78 is 58.9. The number of rotatable bonds is 6. The van der Waals surface area contributed by atoms with Crippen LogP contribution in [0.2, 0.25) is 0 Å². The van der Waals surface area contributed by atoms with Gasteiger partial charge in [0.05, 0.1) is 36.4 Å². The number of alkyl halides is 3. The van der Waals surface area contributed by atoms with Gasteiger partial charge in [0, 0.05) is 19.1 Å². The molecule has 1 aliphatic heterocycles. The number of halogens is 4. The predicted molar refractivity (Wildman–Crippen MR) is 125 cm³/mol. The van der Waals surface area contributed by atoms with E-state index in [0.29, 0.717) is 50.5 Å². The SMILES string of the molecule is Cc1nc(C(=O)NNc2ncc(F)c(N3CCOCC3)n2)ccc1NC1C=C(C(F)(F)F)C=CCC1. The van der Waals surface area contributed by atoms with Crippen molar-refractivity contribution in [3.05, 3.63) is 59.3 Å². The molecule has 13 heteroatoms. The van der Waals surface area contributed by atoms with Gasteiger partial charge in [-0.05, 0) is 31.9 Å². The fourth-order valence-corrected chi connectivity index (χ4v) is 3.78. The van der Waals surface area contributed by atoms with Gasteiger partial charge in [0.25, 0.3) is 5.91 Å². The number of hydrogen-bond acceptors (Lipinski definition) is 8. The van der Waals surface area contributed by atoms with E-state index in [1.165, 1.54) is 12.1 Å². The van der Waals surface area contributed by atoms with Crippen LogP contribution in [0.3, 0.4) is 0 Å². The summed E-state index contributed by atoms with van der Waals surface area (Å²) in [5, 5.41) is 3.06. The monoisotopic (exact) mass is 507 g/mol. The molecule has 2 aromatic rings. The summed E-state index contributed by atoms with van der Waals surface area (Å²) in [7, 11) is 0. The molecule has 1 saturated heterocycles. The standard InChI is InChI=1S/C23H25F4N7O2/c1-14-18(30-16-5-3-2-4-15(12-16)23(25,26)27)6-7-19(29-14)21(35)32-33-22-28-13-17(24)20(31-22)34-8-10-36-11-9-34/h2,4,6-7,12-13,16,30H,3,5,8-11H2,1H3,(H,32,35)(H,28,31,33). The number of pyridine rings is 1. The van der Waals surface area contributed by atoms with Crippen molar-refractivity contribution in [1.82, 2.24) is 20.4 Å². The van der Waals surface area contributed by atoms with Crippen molar-refractivity contribution >= 4 is 23.4 Å². The molecule has 1 fully saturated rings. The quantitative estimate of drug-likeness (QED) is 0.403. The molecule has 0 spiro atoms. The van der Waals surface area contributed by atoms with Gasteiger partial charge in [0.15, 0.2) is 11.6 Å². The first kappa shape index (κ1) is 25.4. The third kappa shape index (κ3) is 6.27. The van der Waals surface area contributed by atoms with Crippen LogP contribution in [0.15, 0.2) is 42.1 Å². The Bertz CT molecular complexity index is 1160. The molecular formula is C23H25F4N7O2. The van der Waals surface area contributed by atoms with E-state index in [2.05, 4.69) is 31.1 Å². The lowest BCUT2D eigenvalue weighted by Gasteiger charge is -2.28. The van der Waals surface area contributed by atoms with Crippen molar-refractivity contribution in [2.75, 3.05) is 41.9 Å². The lowest BCUT2D eigenvalue weighted by atomic mass is 10.1. The Hall–Kier alpha value is -3.74. The van der Waals surface area contributed by atoms with Crippen LogP contribution in [-0.2, 0) is 4.74 Å². The summed E-state index contributed by atoms with van der Waals surface area (Å²) in [6.07, 6.45) is 1.29. The minimum Gasteiger partial charge on any atom is -0.378 e. The number of amides is 1. The molecule has 4 rings (SSSR count). The van der Waals surface area contributed by atoms with Crippen molar-refractivity contribution in [3.8, 4) is 0 Å². The van der Waals surface area contributed by atoms with E-state index in [4.69, 9.17) is 4.74 Å². The lowest BCUT2D eigenvalue weighted by molar-refractivity contribution is -0.0884. The highest BCUT2D eigenvalue weighted by Crippen LogP contribution is 2.30. The molecule has 36 heavy (non-hydrogen) atoms. The van der Waals surface area contributed by atoms with Crippen molar-refractivity contribution in [2.45, 2.75) is 32.0 Å². The highest BCUT2D eigenvalue weighted by atomic mass is 19.4. The van der Waals surface area contributed by atoms with E-state index < -0.39 is 29.5 Å². The number of nitrogens with zero attached hydrogens (tertiary/aromatic N) is 4. The summed E-state index contributed by atoms with van der Waals surface area (Å²) in [6.45, 7) is 3.52. The number of allylic oxidation sites excluding steroid dienone is 3. The zero-order valence-corrected chi connectivity index (χ0v) is 19.4. The number of aryl methyl sites for hydroxylation is 1. The second-order valence-electron chi connectivity index (χ2n) is 8.22. The van der Waals surface area contributed by atoms with Gasteiger partial charge in [0.1, 0.15) is 5.69 Å². The first-order valence-electron chi connectivity index (χ1n) is 11.3. The van der Waals surface area contributed by atoms with Gasteiger partial charge >= 0.3 is 6.18 Å². The first-order chi connectivity index (χ1) is 17.2. The van der Waals surface area contributed by atoms with Crippen molar-refractivity contribution in [1.29, 1.82) is 0 Å². The van der Waals surface area contributed by atoms with Crippen molar-refractivity contribution in [3.63, 3.8) is 0 Å². The Balaban J connectivity index is 1.39. The van der Waals surface area contributed by atoms with E-state index in [0.717, 1.165) is 18.3 Å². The van der Waals surface area contributed by atoms with Gasteiger partial charge in [-0.3, -0.25) is 15.6 Å². The summed E-state index contributed by atoms with van der Waals surface area (Å²) >= 11 is 0. The van der Waals surface area contributed by atoms with Crippen LogP contribution in [0.1, 0.15) is 29.0 Å². The fraction of sp³-hybridized carbons (Fsp3) is 0.391. The van der Waals surface area contributed by atoms with Crippen molar-refractivity contribution < 1.29 is 27.1 Å². The second-order valence-corrected chi connectivity index (χ2v) is 8.22. The molecule has 0 radical (unpaired) electrons. The summed E-state index contributed by atoms with van der Waals surface area (Å²) in [4.78, 5) is 26.5. The van der Waals surface area contributed by atoms with Gasteiger partial charge in [0.2, 0.25) is 5.95 Å². The molecule has 3 N–H and O–H groups in total. The largest absolute Gasteiger partial charge is 0.416 e. The summed E-state index contributed by atoms with van der Waals surface area (Å²) in [5.41, 5.74) is 5.29. The van der Waals surface area contributed by atoms with Gasteiger partial charge < -0.3 is 15.0 Å². The maximum Gasteiger partial charge on any atom is 0.416 e. The smallest absolute Gasteiger partial charge is 0.378 e. The average Bonchev–Trinajstić information content (AvgIpc) is 3.11. The van der Waals surface area contributed by atoms with Crippen LogP contribution in [0.25, 0.3) is 0 Å². The molecule has 2 aromatic heterocycles. The number of aromatic nitrogens is 3. The number of carbonyl (C=O) groups excluding carboxylic acids is 1. The number of carbonyl (C=O) groups is 1. The molecule has 3 heterocycles. The molecule has 192 valence electrons. The molecule has 1 unspecified atom stereocenters. The van der Waals surface area contributed by atoms with Gasteiger partial charge in [-0.15, -0.1) is 0 Å². The summed E-state index contributed by atoms with van der Waals surface area (Å²) in [5.74, 6) is -1.08. The van der Waals surface area contributed by atoms with Crippen LogP contribution in [0.4, 0.5) is 35.0 Å². The van der Waals surface area contributed by atoms with Crippen molar-refractivity contribution in [2.24, 2.45) is 0 Å². The third-order valence-corrected chi connectivity index (χ3v) is 5.63. The Morgan fingerprint density at radius 3 is 2.69 bits per heavy atom. The van der Waals surface area contributed by atoms with E-state index in [-0.39, 0.29) is 17.5 Å². The fourth-order valence-electron chi connectivity index (χ4n) is 3.78. The van der Waals surface area contributed by atoms with Crippen LogP contribution >= 0.6 is 0 Å². The molecule has 9 nitrogen and oxygen atoms in total. The molecule has 2 aliphatic rings. The molecule has 1 atom stereocenters. The lowest BCUT2D eigenvalue weighted by Crippen LogP contribution is -2.38. The second kappa shape index (κ2) is 10.9. The maximum atomic E-state index is 14.2. The number of nitrogens with one attached hydrogen (secondary N) is 3. The molecule has 0 saturated carbocycles. The first-order valence-corrected chi connectivity index (χ1v) is 11.3. The van der Waals surface area contributed by atoms with Crippen LogP contribution in [0, 0.1) is 12.7 Å².